The van der Waals surface area contributed by atoms with Crippen LogP contribution in [0.5, 0.6) is 0 Å². The molecule has 0 aromatic heterocycles. The Labute approximate surface area is 138 Å². The molecule has 1 atom stereocenters. The number of nitrogens with one attached hydrogen (secondary N) is 1. The van der Waals surface area contributed by atoms with Gasteiger partial charge in [-0.3, -0.25) is 4.79 Å². The van der Waals surface area contributed by atoms with E-state index in [1.54, 1.807) is 24.3 Å². The summed E-state index contributed by atoms with van der Waals surface area (Å²) in [5, 5.41) is 2.95. The molecule has 21 heavy (non-hydrogen) atoms. The second kappa shape index (κ2) is 5.85. The van der Waals surface area contributed by atoms with E-state index in [0.717, 1.165) is 16.4 Å². The average molecular weight is 420 g/mol. The summed E-state index contributed by atoms with van der Waals surface area (Å²) >= 11 is 2.14. The Bertz CT molecular complexity index is 641. The van der Waals surface area contributed by atoms with Crippen molar-refractivity contribution in [2.45, 2.75) is 30.2 Å². The first kappa shape index (κ1) is 15.2. The van der Waals surface area contributed by atoms with Crippen LogP contribution >= 0.6 is 22.6 Å². The van der Waals surface area contributed by atoms with Crippen molar-refractivity contribution in [1.29, 1.82) is 0 Å². The fraction of sp³-hybridized carbons (Fsp3) is 0.500. The van der Waals surface area contributed by atoms with Crippen LogP contribution in [0.2, 0.25) is 0 Å². The van der Waals surface area contributed by atoms with Gasteiger partial charge in [-0.2, -0.15) is 4.31 Å². The van der Waals surface area contributed by atoms with Crippen LogP contribution in [-0.4, -0.2) is 37.8 Å². The Morgan fingerprint density at radius 2 is 1.86 bits per heavy atom. The van der Waals surface area contributed by atoms with Crippen LogP contribution in [0.4, 0.5) is 0 Å². The first-order valence-corrected chi connectivity index (χ1v) is 9.55. The van der Waals surface area contributed by atoms with E-state index in [0.29, 0.717) is 23.9 Å². The standard InChI is InChI=1S/C14H17IN2O3S/c15-11-1-5-13(6-2-11)21(19,20)17-8-7-10(9-17)14(18)16-12-3-4-12/h1-2,5-6,10,12H,3-4,7-9H2,(H,16,18). The lowest BCUT2D eigenvalue weighted by Gasteiger charge is -2.16. The number of rotatable bonds is 4. The summed E-state index contributed by atoms with van der Waals surface area (Å²) < 4.78 is 27.5. The van der Waals surface area contributed by atoms with Gasteiger partial charge < -0.3 is 5.32 Å². The van der Waals surface area contributed by atoms with Crippen LogP contribution in [0, 0.1) is 9.49 Å². The number of sulfonamides is 1. The summed E-state index contributed by atoms with van der Waals surface area (Å²) in [4.78, 5) is 12.3. The van der Waals surface area contributed by atoms with Crippen molar-refractivity contribution in [2.24, 2.45) is 5.92 Å². The fourth-order valence-corrected chi connectivity index (χ4v) is 4.32. The average Bonchev–Trinajstić information content (AvgIpc) is 3.11. The van der Waals surface area contributed by atoms with Gasteiger partial charge in [0.25, 0.3) is 0 Å². The minimum Gasteiger partial charge on any atom is -0.353 e. The number of halogens is 1. The lowest BCUT2D eigenvalue weighted by molar-refractivity contribution is -0.124. The molecule has 5 nitrogen and oxygen atoms in total. The maximum absolute atomic E-state index is 12.5. The Balaban J connectivity index is 1.69. The molecule has 2 aliphatic rings. The lowest BCUT2D eigenvalue weighted by Crippen LogP contribution is -2.35. The van der Waals surface area contributed by atoms with Gasteiger partial charge in [-0.1, -0.05) is 0 Å². The summed E-state index contributed by atoms with van der Waals surface area (Å²) in [7, 11) is -3.48. The third kappa shape index (κ3) is 3.40. The lowest BCUT2D eigenvalue weighted by atomic mass is 10.1. The minimum absolute atomic E-state index is 0.00203. The highest BCUT2D eigenvalue weighted by Crippen LogP contribution is 2.26. The molecule has 1 amide bonds. The highest BCUT2D eigenvalue weighted by molar-refractivity contribution is 14.1. The number of benzene rings is 1. The van der Waals surface area contributed by atoms with E-state index in [1.807, 2.05) is 0 Å². The van der Waals surface area contributed by atoms with Crippen molar-refractivity contribution in [1.82, 2.24) is 9.62 Å². The van der Waals surface area contributed by atoms with Gasteiger partial charge in [-0.25, -0.2) is 8.42 Å². The van der Waals surface area contributed by atoms with Gasteiger partial charge in [0.1, 0.15) is 0 Å². The number of nitrogens with zero attached hydrogens (tertiary/aromatic N) is 1. The molecule has 3 rings (SSSR count). The summed E-state index contributed by atoms with van der Waals surface area (Å²) in [6, 6.07) is 7.12. The maximum atomic E-state index is 12.5. The molecule has 1 aromatic carbocycles. The normalized spacial score (nSPS) is 23.2. The van der Waals surface area contributed by atoms with E-state index in [4.69, 9.17) is 0 Å². The SMILES string of the molecule is O=C(NC1CC1)C1CCN(S(=O)(=O)c2ccc(I)cc2)C1. The van der Waals surface area contributed by atoms with E-state index in [2.05, 4.69) is 27.9 Å². The number of carbonyl (C=O) groups excluding carboxylic acids is 1. The van der Waals surface area contributed by atoms with Crippen LogP contribution in [0.25, 0.3) is 0 Å². The number of amides is 1. The first-order valence-electron chi connectivity index (χ1n) is 7.03. The van der Waals surface area contributed by atoms with Gasteiger partial charge in [-0.05, 0) is 66.1 Å². The molecular formula is C14H17IN2O3S. The fourth-order valence-electron chi connectivity index (χ4n) is 2.46. The molecule has 1 saturated heterocycles. The second-order valence-corrected chi connectivity index (χ2v) is 8.77. The molecule has 1 saturated carbocycles. The second-order valence-electron chi connectivity index (χ2n) is 5.59. The van der Waals surface area contributed by atoms with E-state index in [-0.39, 0.29) is 18.4 Å². The van der Waals surface area contributed by atoms with Crippen molar-refractivity contribution >= 4 is 38.5 Å². The largest absolute Gasteiger partial charge is 0.353 e. The topological polar surface area (TPSA) is 66.5 Å². The van der Waals surface area contributed by atoms with Crippen molar-refractivity contribution < 1.29 is 13.2 Å². The van der Waals surface area contributed by atoms with Gasteiger partial charge in [0.15, 0.2) is 0 Å². The third-order valence-electron chi connectivity index (χ3n) is 3.90. The molecule has 1 aromatic rings. The molecule has 0 spiro atoms. The van der Waals surface area contributed by atoms with E-state index in [9.17, 15) is 13.2 Å². The molecule has 1 aliphatic carbocycles. The van der Waals surface area contributed by atoms with Crippen LogP contribution in [0.1, 0.15) is 19.3 Å². The van der Waals surface area contributed by atoms with E-state index < -0.39 is 10.0 Å². The highest BCUT2D eigenvalue weighted by Gasteiger charge is 2.37. The van der Waals surface area contributed by atoms with Gasteiger partial charge >= 0.3 is 0 Å². The summed E-state index contributed by atoms with van der Waals surface area (Å²) in [5.74, 6) is -0.220. The quantitative estimate of drug-likeness (QED) is 0.753. The predicted octanol–water partition coefficient (Wildman–Crippen LogP) is 1.58. The summed E-state index contributed by atoms with van der Waals surface area (Å²) in [6.45, 7) is 0.698. The van der Waals surface area contributed by atoms with E-state index >= 15 is 0 Å². The van der Waals surface area contributed by atoms with Crippen LogP contribution < -0.4 is 5.32 Å². The van der Waals surface area contributed by atoms with E-state index in [1.165, 1.54) is 4.31 Å². The molecule has 7 heteroatoms. The molecule has 1 N–H and O–H groups in total. The highest BCUT2D eigenvalue weighted by atomic mass is 127. The maximum Gasteiger partial charge on any atom is 0.243 e. The predicted molar refractivity (Wildman–Crippen MR) is 87.2 cm³/mol. The van der Waals surface area contributed by atoms with Crippen molar-refractivity contribution in [3.8, 4) is 0 Å². The minimum atomic E-state index is -3.48. The van der Waals surface area contributed by atoms with Gasteiger partial charge in [0.2, 0.25) is 15.9 Å². The monoisotopic (exact) mass is 420 g/mol. The first-order chi connectivity index (χ1) is 9.96. The van der Waals surface area contributed by atoms with Crippen molar-refractivity contribution in [3.05, 3.63) is 27.8 Å². The Morgan fingerprint density at radius 1 is 1.19 bits per heavy atom. The molecule has 114 valence electrons. The third-order valence-corrected chi connectivity index (χ3v) is 6.50. The summed E-state index contributed by atoms with van der Waals surface area (Å²) in [6.07, 6.45) is 2.69. The number of hydrogen-bond donors (Lipinski definition) is 1. The zero-order valence-corrected chi connectivity index (χ0v) is 14.4. The van der Waals surface area contributed by atoms with Gasteiger partial charge in [0, 0.05) is 22.7 Å². The molecule has 2 fully saturated rings. The Morgan fingerprint density at radius 3 is 2.48 bits per heavy atom. The van der Waals surface area contributed by atoms with Gasteiger partial charge in [-0.15, -0.1) is 0 Å². The summed E-state index contributed by atoms with van der Waals surface area (Å²) in [5.41, 5.74) is 0. The van der Waals surface area contributed by atoms with Gasteiger partial charge in [0.05, 0.1) is 10.8 Å². The van der Waals surface area contributed by atoms with Crippen LogP contribution in [-0.2, 0) is 14.8 Å². The molecule has 1 heterocycles. The smallest absolute Gasteiger partial charge is 0.243 e. The Hall–Kier alpha value is -0.670. The number of hydrogen-bond acceptors (Lipinski definition) is 3. The zero-order valence-electron chi connectivity index (χ0n) is 11.5. The van der Waals surface area contributed by atoms with Crippen molar-refractivity contribution in [3.63, 3.8) is 0 Å². The molecule has 1 aliphatic heterocycles. The molecular weight excluding hydrogens is 403 g/mol. The molecule has 1 unspecified atom stereocenters. The Kier molecular flexibility index (Phi) is 4.24. The van der Waals surface area contributed by atoms with Crippen LogP contribution in [0.3, 0.4) is 0 Å². The van der Waals surface area contributed by atoms with Crippen LogP contribution in [0.15, 0.2) is 29.2 Å². The molecule has 0 radical (unpaired) electrons. The zero-order chi connectivity index (χ0) is 15.0. The number of carbonyl (C=O) groups is 1. The van der Waals surface area contributed by atoms with Crippen molar-refractivity contribution in [2.75, 3.05) is 13.1 Å². The molecule has 0 bridgehead atoms.